The van der Waals surface area contributed by atoms with E-state index in [-0.39, 0.29) is 0 Å². The first-order chi connectivity index (χ1) is 11.3. The minimum Gasteiger partial charge on any atom is -0.398 e. The molecule has 0 aliphatic carbocycles. The summed E-state index contributed by atoms with van der Waals surface area (Å²) < 4.78 is 33.0. The molecular weight excluding hydrogens is 312 g/mol. The fraction of sp³-hybridized carbons (Fsp3) is 0.750. The van der Waals surface area contributed by atoms with E-state index in [1.165, 1.54) is 6.08 Å². The van der Waals surface area contributed by atoms with Crippen LogP contribution in [0.5, 0.6) is 0 Å². The van der Waals surface area contributed by atoms with Crippen molar-refractivity contribution in [3.8, 4) is 0 Å². The van der Waals surface area contributed by atoms with Crippen LogP contribution in [0, 0.1) is 5.92 Å². The molecule has 6 nitrogen and oxygen atoms in total. The maximum Gasteiger partial charge on any atom is 0.525 e. The predicted octanol–water partition coefficient (Wildman–Crippen LogP) is 2.65. The fourth-order valence-electron chi connectivity index (χ4n) is 2.83. The van der Waals surface area contributed by atoms with E-state index in [0.29, 0.717) is 11.6 Å². The number of nitrogens with zero attached hydrogens (tertiary/aromatic N) is 3. The molecule has 3 rings (SSSR count). The molecule has 3 heterocycles. The van der Waals surface area contributed by atoms with Crippen LogP contribution in [-0.2, 0) is 20.6 Å². The van der Waals surface area contributed by atoms with E-state index in [1.807, 2.05) is 27.7 Å². The third-order valence-electron chi connectivity index (χ3n) is 5.11. The lowest BCUT2D eigenvalue weighted by atomic mass is 9.87. The van der Waals surface area contributed by atoms with Gasteiger partial charge in [-0.3, -0.25) is 4.68 Å². The quantitative estimate of drug-likeness (QED) is 0.791. The van der Waals surface area contributed by atoms with Crippen LogP contribution in [0.3, 0.4) is 0 Å². The third-order valence-corrected chi connectivity index (χ3v) is 5.11. The standard InChI is InChI=1S/C16H25BFN3O3/c1-15(2)16(3,4)24-17(23-15)14(18)9-13-11-21(20-19-13)10-12-5-7-22-8-6-12/h9,11-12H,5-8,10H2,1-4H3. The molecule has 1 aromatic heterocycles. The summed E-state index contributed by atoms with van der Waals surface area (Å²) in [5, 5.41) is 8.10. The molecule has 2 fully saturated rings. The molecule has 0 amide bonds. The van der Waals surface area contributed by atoms with Crippen LogP contribution in [0.15, 0.2) is 11.9 Å². The van der Waals surface area contributed by atoms with Crippen LogP contribution >= 0.6 is 0 Å². The van der Waals surface area contributed by atoms with Crippen LogP contribution in [0.2, 0.25) is 0 Å². The summed E-state index contributed by atoms with van der Waals surface area (Å²) in [6.07, 6.45) is 5.12. The van der Waals surface area contributed by atoms with Crippen LogP contribution in [-0.4, -0.2) is 46.5 Å². The molecule has 1 aromatic rings. The van der Waals surface area contributed by atoms with Gasteiger partial charge in [0.25, 0.3) is 0 Å². The van der Waals surface area contributed by atoms with E-state index in [9.17, 15) is 4.39 Å². The minimum absolute atomic E-state index is 0.467. The number of rotatable bonds is 4. The van der Waals surface area contributed by atoms with Gasteiger partial charge >= 0.3 is 7.12 Å². The predicted molar refractivity (Wildman–Crippen MR) is 88.7 cm³/mol. The molecule has 0 spiro atoms. The summed E-state index contributed by atoms with van der Waals surface area (Å²) in [5.41, 5.74) is -1.16. The Balaban J connectivity index is 1.64. The van der Waals surface area contributed by atoms with Gasteiger partial charge in [-0.1, -0.05) is 5.21 Å². The summed E-state index contributed by atoms with van der Waals surface area (Å²) in [6, 6.07) is 0. The monoisotopic (exact) mass is 337 g/mol. The summed E-state index contributed by atoms with van der Waals surface area (Å²) in [4.78, 5) is 0. The summed E-state index contributed by atoms with van der Waals surface area (Å²) in [7, 11) is -1.00. The van der Waals surface area contributed by atoms with Gasteiger partial charge in [-0.05, 0) is 52.5 Å². The molecule has 2 aliphatic heterocycles. The molecule has 0 atom stereocenters. The SMILES string of the molecule is CC1(C)OB(C(F)=Cc2cn(CC3CCOCC3)nn2)OC1(C)C. The maximum absolute atomic E-state index is 14.5. The summed E-state index contributed by atoms with van der Waals surface area (Å²) in [6.45, 7) is 9.94. The average Bonchev–Trinajstić information content (AvgIpc) is 3.02. The second-order valence-electron chi connectivity index (χ2n) is 7.54. The zero-order valence-corrected chi connectivity index (χ0v) is 14.8. The molecule has 0 unspecified atom stereocenters. The van der Waals surface area contributed by atoms with Gasteiger partial charge in [-0.15, -0.1) is 5.10 Å². The number of aromatic nitrogens is 3. The molecular formula is C16H25BFN3O3. The number of hydrogen-bond acceptors (Lipinski definition) is 5. The second-order valence-corrected chi connectivity index (χ2v) is 7.54. The smallest absolute Gasteiger partial charge is 0.398 e. The molecule has 0 saturated carbocycles. The van der Waals surface area contributed by atoms with Crippen LogP contribution in [0.4, 0.5) is 4.39 Å². The molecule has 8 heteroatoms. The van der Waals surface area contributed by atoms with Gasteiger partial charge in [0, 0.05) is 19.8 Å². The Morgan fingerprint density at radius 3 is 2.54 bits per heavy atom. The van der Waals surface area contributed by atoms with Crippen molar-refractivity contribution in [2.24, 2.45) is 5.92 Å². The van der Waals surface area contributed by atoms with Crippen LogP contribution < -0.4 is 0 Å². The van der Waals surface area contributed by atoms with Gasteiger partial charge in [-0.25, -0.2) is 4.39 Å². The Hall–Kier alpha value is -1.25. The lowest BCUT2D eigenvalue weighted by Crippen LogP contribution is -2.41. The van der Waals surface area contributed by atoms with Crippen molar-refractivity contribution < 1.29 is 18.4 Å². The maximum atomic E-state index is 14.5. The molecule has 0 aromatic carbocycles. The van der Waals surface area contributed by atoms with Crippen molar-refractivity contribution in [1.82, 2.24) is 15.0 Å². The Morgan fingerprint density at radius 2 is 1.92 bits per heavy atom. The largest absolute Gasteiger partial charge is 0.525 e. The normalized spacial score (nSPS) is 24.5. The first kappa shape index (κ1) is 17.6. The number of ether oxygens (including phenoxy) is 1. The van der Waals surface area contributed by atoms with E-state index in [0.717, 1.165) is 32.6 Å². The van der Waals surface area contributed by atoms with Crippen molar-refractivity contribution in [2.45, 2.75) is 58.3 Å². The van der Waals surface area contributed by atoms with Crippen molar-refractivity contribution in [2.75, 3.05) is 13.2 Å². The molecule has 0 radical (unpaired) electrons. The average molecular weight is 337 g/mol. The van der Waals surface area contributed by atoms with Gasteiger partial charge in [0.15, 0.2) is 0 Å². The van der Waals surface area contributed by atoms with Gasteiger partial charge in [0.2, 0.25) is 0 Å². The van der Waals surface area contributed by atoms with Crippen LogP contribution in [0.1, 0.15) is 46.2 Å². The first-order valence-electron chi connectivity index (χ1n) is 8.47. The zero-order chi connectivity index (χ0) is 17.4. The lowest BCUT2D eigenvalue weighted by molar-refractivity contribution is 0.00578. The third kappa shape index (κ3) is 3.71. The molecule has 0 bridgehead atoms. The topological polar surface area (TPSA) is 58.4 Å². The van der Waals surface area contributed by atoms with Crippen LogP contribution in [0.25, 0.3) is 6.08 Å². The van der Waals surface area contributed by atoms with E-state index < -0.39 is 24.0 Å². The molecule has 132 valence electrons. The van der Waals surface area contributed by atoms with Crippen molar-refractivity contribution >= 4 is 13.2 Å². The Bertz CT molecular complexity index is 595. The highest BCUT2D eigenvalue weighted by Gasteiger charge is 2.53. The molecule has 2 saturated heterocycles. The Morgan fingerprint density at radius 1 is 1.29 bits per heavy atom. The van der Waals surface area contributed by atoms with Gasteiger partial charge in [-0.2, -0.15) is 0 Å². The van der Waals surface area contributed by atoms with E-state index in [4.69, 9.17) is 14.0 Å². The highest BCUT2D eigenvalue weighted by Crippen LogP contribution is 2.38. The zero-order valence-electron chi connectivity index (χ0n) is 14.8. The lowest BCUT2D eigenvalue weighted by Gasteiger charge is -2.32. The molecule has 2 aliphatic rings. The Labute approximate surface area is 142 Å². The number of halogens is 1. The second kappa shape index (κ2) is 6.57. The highest BCUT2D eigenvalue weighted by molar-refractivity contribution is 6.54. The highest BCUT2D eigenvalue weighted by atomic mass is 19.1. The van der Waals surface area contributed by atoms with Gasteiger partial charge < -0.3 is 14.0 Å². The van der Waals surface area contributed by atoms with E-state index >= 15 is 0 Å². The fourth-order valence-corrected chi connectivity index (χ4v) is 2.83. The summed E-state index contributed by atoms with van der Waals surface area (Å²) >= 11 is 0. The first-order valence-corrected chi connectivity index (χ1v) is 8.47. The van der Waals surface area contributed by atoms with Crippen molar-refractivity contribution in [1.29, 1.82) is 0 Å². The van der Waals surface area contributed by atoms with Crippen molar-refractivity contribution in [3.05, 3.63) is 17.6 Å². The molecule has 24 heavy (non-hydrogen) atoms. The van der Waals surface area contributed by atoms with Gasteiger partial charge in [0.05, 0.1) is 17.4 Å². The van der Waals surface area contributed by atoms with E-state index in [1.54, 1.807) is 10.9 Å². The summed E-state index contributed by atoms with van der Waals surface area (Å²) in [5.74, 6) is 0.533. The minimum atomic E-state index is -1.00. The van der Waals surface area contributed by atoms with Gasteiger partial charge in [0.1, 0.15) is 11.4 Å². The van der Waals surface area contributed by atoms with Crippen molar-refractivity contribution in [3.63, 3.8) is 0 Å². The Kier molecular flexibility index (Phi) is 4.81. The van der Waals surface area contributed by atoms with E-state index in [2.05, 4.69) is 10.3 Å². The number of hydrogen-bond donors (Lipinski definition) is 0. The molecule has 0 N–H and O–H groups in total.